The second-order valence-electron chi connectivity index (χ2n) is 13.5. The van der Waals surface area contributed by atoms with Crippen LogP contribution in [0.3, 0.4) is 0 Å². The van der Waals surface area contributed by atoms with Gasteiger partial charge in [-0.1, -0.05) is 0 Å². The number of rotatable bonds is 8. The maximum absolute atomic E-state index is 7.07. The quantitative estimate of drug-likeness (QED) is 0.357. The van der Waals surface area contributed by atoms with Crippen LogP contribution in [0.15, 0.2) is 36.7 Å². The van der Waals surface area contributed by atoms with Gasteiger partial charge in [0.15, 0.2) is 0 Å². The van der Waals surface area contributed by atoms with Gasteiger partial charge < -0.3 is 0 Å². The summed E-state index contributed by atoms with van der Waals surface area (Å²) in [6.45, 7) is 23.3. The number of ether oxygens (including phenoxy) is 1. The Balaban J connectivity index is 1.75. The molecule has 1 aliphatic heterocycles. The van der Waals surface area contributed by atoms with E-state index in [2.05, 4.69) is 107 Å². The fourth-order valence-electron chi connectivity index (χ4n) is 4.03. The number of hydrogen-bond acceptors (Lipinski definition) is 7. The molecule has 1 fully saturated rings. The van der Waals surface area contributed by atoms with Crippen LogP contribution in [-0.4, -0.2) is 69.9 Å². The Kier molecular flexibility index (Phi) is 8.56. The Hall–Kier alpha value is -1.60. The number of anilines is 1. The molecule has 0 saturated carbocycles. The average Bonchev–Trinajstić information content (AvgIpc) is 3.37. The second-order valence-corrected chi connectivity index (χ2v) is 25.2. The third-order valence-electron chi connectivity index (χ3n) is 8.51. The first kappa shape index (κ1) is 30.4. The standard InChI is InChI=1S/C28H45N5O3SeSi2/c1-27(2,3)38(7,8)34-17-19-16-21(36-39(9,10)28(4,5)6)25(35-19)33-24-22(23(29)30-18-31-24)32-26(33)37-20-14-12-11-13-15-20/h11-15,18-19,21,25H,16-17H2,1-10H3,(H2,29,30,31)/t19-,21+,25+/m0/s1. The minimum atomic E-state index is -2.11. The Morgan fingerprint density at radius 1 is 1.00 bits per heavy atom. The van der Waals surface area contributed by atoms with Gasteiger partial charge in [0.05, 0.1) is 0 Å². The number of hydrogen-bond donors (Lipinski definition) is 1. The molecule has 0 radical (unpaired) electrons. The molecule has 214 valence electrons. The van der Waals surface area contributed by atoms with Crippen molar-refractivity contribution in [3.8, 4) is 0 Å². The van der Waals surface area contributed by atoms with Crippen molar-refractivity contribution in [1.29, 1.82) is 0 Å². The topological polar surface area (TPSA) is 97.3 Å². The molecule has 11 heteroatoms. The number of nitrogen functional groups attached to an aromatic ring is 1. The molecule has 0 unspecified atom stereocenters. The first-order valence-corrected chi connectivity index (χ1v) is 21.2. The van der Waals surface area contributed by atoms with Gasteiger partial charge in [0.25, 0.3) is 0 Å². The van der Waals surface area contributed by atoms with Crippen molar-refractivity contribution in [2.24, 2.45) is 0 Å². The molecule has 1 aromatic carbocycles. The van der Waals surface area contributed by atoms with Gasteiger partial charge in [-0.3, -0.25) is 0 Å². The first-order chi connectivity index (χ1) is 18.0. The van der Waals surface area contributed by atoms with Crippen molar-refractivity contribution in [3.05, 3.63) is 36.7 Å². The maximum atomic E-state index is 7.07. The molecule has 4 rings (SSSR count). The van der Waals surface area contributed by atoms with Crippen molar-refractivity contribution in [2.45, 2.75) is 103 Å². The zero-order valence-electron chi connectivity index (χ0n) is 25.1. The van der Waals surface area contributed by atoms with Crippen LogP contribution in [0.1, 0.15) is 54.2 Å². The normalized spacial score (nSPS) is 21.1. The van der Waals surface area contributed by atoms with Crippen LogP contribution in [-0.2, 0) is 13.6 Å². The number of benzene rings is 1. The monoisotopic (exact) mass is 635 g/mol. The molecular formula is C28H45N5O3SeSi2. The third-order valence-corrected chi connectivity index (χ3v) is 19.6. The predicted molar refractivity (Wildman–Crippen MR) is 165 cm³/mol. The molecule has 39 heavy (non-hydrogen) atoms. The van der Waals surface area contributed by atoms with Crippen molar-refractivity contribution < 1.29 is 13.6 Å². The van der Waals surface area contributed by atoms with Crippen molar-refractivity contribution in [3.63, 3.8) is 0 Å². The summed E-state index contributed by atoms with van der Waals surface area (Å²) in [6.07, 6.45) is 1.63. The van der Waals surface area contributed by atoms with Gasteiger partial charge in [0, 0.05) is 0 Å². The summed E-state index contributed by atoms with van der Waals surface area (Å²) in [5.41, 5.74) is 7.59. The number of imidazole rings is 1. The molecule has 8 nitrogen and oxygen atoms in total. The summed E-state index contributed by atoms with van der Waals surface area (Å²) in [4.78, 5) is 13.8. The Bertz CT molecular complexity index is 1290. The van der Waals surface area contributed by atoms with Crippen molar-refractivity contribution in [1.82, 2.24) is 19.5 Å². The molecule has 3 heterocycles. The fourth-order valence-corrected chi connectivity index (χ4v) is 8.34. The molecule has 0 spiro atoms. The minimum absolute atomic E-state index is 0.0632. The van der Waals surface area contributed by atoms with E-state index in [0.717, 1.165) is 11.1 Å². The van der Waals surface area contributed by atoms with Gasteiger partial charge in [0.1, 0.15) is 0 Å². The van der Waals surface area contributed by atoms with Gasteiger partial charge in [-0.15, -0.1) is 0 Å². The van der Waals surface area contributed by atoms with Gasteiger partial charge in [-0.25, -0.2) is 0 Å². The Morgan fingerprint density at radius 3 is 2.26 bits per heavy atom. The van der Waals surface area contributed by atoms with E-state index >= 15 is 0 Å². The summed E-state index contributed by atoms with van der Waals surface area (Å²) < 4.78 is 24.8. The van der Waals surface area contributed by atoms with E-state index in [1.807, 2.05) is 6.07 Å². The summed E-state index contributed by atoms with van der Waals surface area (Å²) in [7, 11) is -4.05. The number of nitrogens with two attached hydrogens (primary N) is 1. The molecule has 1 saturated heterocycles. The van der Waals surface area contributed by atoms with Gasteiger partial charge in [-0.2, -0.15) is 0 Å². The van der Waals surface area contributed by atoms with E-state index in [0.29, 0.717) is 23.6 Å². The number of fused-ring (bicyclic) bond motifs is 1. The molecular weight excluding hydrogens is 589 g/mol. The molecule has 0 aliphatic carbocycles. The van der Waals surface area contributed by atoms with E-state index in [1.54, 1.807) is 0 Å². The molecule has 1 aliphatic rings. The Labute approximate surface area is 241 Å². The molecule has 3 atom stereocenters. The average molecular weight is 635 g/mol. The zero-order valence-corrected chi connectivity index (χ0v) is 28.8. The van der Waals surface area contributed by atoms with Crippen LogP contribution in [0.4, 0.5) is 5.82 Å². The van der Waals surface area contributed by atoms with Crippen LogP contribution in [0.5, 0.6) is 0 Å². The van der Waals surface area contributed by atoms with Crippen LogP contribution >= 0.6 is 0 Å². The van der Waals surface area contributed by atoms with Crippen LogP contribution in [0.2, 0.25) is 36.3 Å². The predicted octanol–water partition coefficient (Wildman–Crippen LogP) is 4.76. The molecule has 2 N–H and O–H groups in total. The fraction of sp³-hybridized carbons (Fsp3) is 0.607. The van der Waals surface area contributed by atoms with Crippen molar-refractivity contribution in [2.75, 3.05) is 12.3 Å². The summed E-state index contributed by atoms with van der Waals surface area (Å²) in [5, 5.41) is 0.191. The van der Waals surface area contributed by atoms with E-state index in [-0.39, 0.29) is 43.5 Å². The summed E-state index contributed by atoms with van der Waals surface area (Å²) in [5.74, 6) is 0.376. The van der Waals surface area contributed by atoms with Crippen LogP contribution in [0.25, 0.3) is 11.2 Å². The SMILES string of the molecule is CC(C)(C)[Si](C)(C)OC[C@@H]1C[C@@H](O[Si](C)(C)C(C)(C)C)[C@H](n2c([Se]c3ccccc3)nc3c(N)ncnc32)O1. The van der Waals surface area contributed by atoms with Gasteiger partial charge >= 0.3 is 243 Å². The Morgan fingerprint density at radius 2 is 1.64 bits per heavy atom. The third kappa shape index (κ3) is 6.50. The van der Waals surface area contributed by atoms with Gasteiger partial charge in [-0.05, 0) is 0 Å². The van der Waals surface area contributed by atoms with E-state index in [4.69, 9.17) is 24.3 Å². The van der Waals surface area contributed by atoms with Crippen molar-refractivity contribution >= 4 is 57.8 Å². The molecule has 2 aromatic heterocycles. The zero-order chi connectivity index (χ0) is 28.8. The van der Waals surface area contributed by atoms with E-state index in [1.165, 1.54) is 10.8 Å². The van der Waals surface area contributed by atoms with E-state index < -0.39 is 16.6 Å². The first-order valence-electron chi connectivity index (χ1n) is 13.7. The van der Waals surface area contributed by atoms with Crippen LogP contribution in [0, 0.1) is 0 Å². The van der Waals surface area contributed by atoms with E-state index in [9.17, 15) is 0 Å². The second kappa shape index (κ2) is 11.0. The molecule has 0 bridgehead atoms. The molecule has 0 amide bonds. The number of nitrogens with zero attached hydrogens (tertiary/aromatic N) is 4. The summed E-state index contributed by atoms with van der Waals surface area (Å²) >= 11 is -0.0883. The number of aromatic nitrogens is 4. The summed E-state index contributed by atoms with van der Waals surface area (Å²) in [6, 6.07) is 10.4. The van der Waals surface area contributed by atoms with Gasteiger partial charge in [0.2, 0.25) is 0 Å². The van der Waals surface area contributed by atoms with Crippen LogP contribution < -0.4 is 14.9 Å². The molecule has 3 aromatic rings.